The molecule has 0 spiro atoms. The van der Waals surface area contributed by atoms with Crippen molar-refractivity contribution in [2.45, 2.75) is 25.8 Å². The van der Waals surface area contributed by atoms with Gasteiger partial charge in [0.15, 0.2) is 0 Å². The molecule has 2 aromatic carbocycles. The maximum absolute atomic E-state index is 6.35. The summed E-state index contributed by atoms with van der Waals surface area (Å²) in [6.07, 6.45) is 0. The van der Waals surface area contributed by atoms with Gasteiger partial charge < -0.3 is 5.73 Å². The molecule has 2 rings (SSSR count). The second kappa shape index (κ2) is 6.21. The third-order valence-corrected chi connectivity index (χ3v) is 4.44. The summed E-state index contributed by atoms with van der Waals surface area (Å²) in [6, 6.07) is 14.5. The Morgan fingerprint density at radius 2 is 1.47 bits per heavy atom. The first-order valence-electron chi connectivity index (χ1n) is 6.29. The fraction of sp³-hybridized carbons (Fsp3) is 0.250. The van der Waals surface area contributed by atoms with E-state index in [9.17, 15) is 0 Å². The second-order valence-electron chi connectivity index (χ2n) is 4.96. The standard InChI is InChI=1S/C16H17Br2N/c1-10(2)11-3-5-12(6-4-11)16(19)14-8-7-13(17)9-15(14)18/h3-10,16H,19H2,1-2H3. The lowest BCUT2D eigenvalue weighted by Crippen LogP contribution is -2.12. The Labute approximate surface area is 131 Å². The molecule has 0 bridgehead atoms. The minimum atomic E-state index is -0.108. The third-order valence-electron chi connectivity index (χ3n) is 3.26. The minimum absolute atomic E-state index is 0.108. The molecule has 0 aliphatic carbocycles. The molecule has 19 heavy (non-hydrogen) atoms. The predicted molar refractivity (Wildman–Crippen MR) is 88.4 cm³/mol. The molecule has 0 aliphatic rings. The van der Waals surface area contributed by atoms with Gasteiger partial charge in [-0.2, -0.15) is 0 Å². The highest BCUT2D eigenvalue weighted by Gasteiger charge is 2.12. The van der Waals surface area contributed by atoms with Crippen LogP contribution in [0.15, 0.2) is 51.4 Å². The molecule has 0 saturated carbocycles. The fourth-order valence-corrected chi connectivity index (χ4v) is 3.32. The van der Waals surface area contributed by atoms with E-state index in [-0.39, 0.29) is 6.04 Å². The van der Waals surface area contributed by atoms with E-state index in [0.717, 1.165) is 20.1 Å². The van der Waals surface area contributed by atoms with Crippen LogP contribution in [0.5, 0.6) is 0 Å². The van der Waals surface area contributed by atoms with Crippen molar-refractivity contribution in [3.05, 3.63) is 68.1 Å². The molecule has 0 aromatic heterocycles. The Balaban J connectivity index is 2.30. The molecule has 3 heteroatoms. The molecular weight excluding hydrogens is 366 g/mol. The van der Waals surface area contributed by atoms with Crippen LogP contribution in [0.2, 0.25) is 0 Å². The molecule has 2 aromatic rings. The topological polar surface area (TPSA) is 26.0 Å². The fourth-order valence-electron chi connectivity index (χ4n) is 2.02. The van der Waals surface area contributed by atoms with Crippen LogP contribution in [0, 0.1) is 0 Å². The predicted octanol–water partition coefficient (Wildman–Crippen LogP) is 5.38. The number of halogens is 2. The second-order valence-corrected chi connectivity index (χ2v) is 6.73. The van der Waals surface area contributed by atoms with Crippen molar-refractivity contribution in [3.8, 4) is 0 Å². The van der Waals surface area contributed by atoms with Gasteiger partial charge in [-0.15, -0.1) is 0 Å². The lowest BCUT2D eigenvalue weighted by molar-refractivity contribution is 0.845. The van der Waals surface area contributed by atoms with Crippen molar-refractivity contribution in [2.24, 2.45) is 5.73 Å². The summed E-state index contributed by atoms with van der Waals surface area (Å²) in [5.74, 6) is 0.546. The van der Waals surface area contributed by atoms with E-state index in [1.165, 1.54) is 5.56 Å². The van der Waals surface area contributed by atoms with E-state index in [1.807, 2.05) is 12.1 Å². The maximum atomic E-state index is 6.35. The summed E-state index contributed by atoms with van der Waals surface area (Å²) in [6.45, 7) is 4.39. The summed E-state index contributed by atoms with van der Waals surface area (Å²) in [4.78, 5) is 0. The molecule has 2 N–H and O–H groups in total. The van der Waals surface area contributed by atoms with Gasteiger partial charge in [0.2, 0.25) is 0 Å². The Hall–Kier alpha value is -0.640. The molecular formula is C16H17Br2N. The number of hydrogen-bond donors (Lipinski definition) is 1. The molecule has 0 aliphatic heterocycles. The number of hydrogen-bond acceptors (Lipinski definition) is 1. The molecule has 1 nitrogen and oxygen atoms in total. The first-order chi connectivity index (χ1) is 8.99. The van der Waals surface area contributed by atoms with E-state index in [1.54, 1.807) is 0 Å². The average molecular weight is 383 g/mol. The highest BCUT2D eigenvalue weighted by Crippen LogP contribution is 2.30. The first kappa shape index (κ1) is 14.8. The zero-order valence-corrected chi connectivity index (χ0v) is 14.2. The number of benzene rings is 2. The van der Waals surface area contributed by atoms with Crippen LogP contribution >= 0.6 is 31.9 Å². The van der Waals surface area contributed by atoms with Gasteiger partial charge in [0.25, 0.3) is 0 Å². The number of nitrogens with two attached hydrogens (primary N) is 1. The SMILES string of the molecule is CC(C)c1ccc(C(N)c2ccc(Br)cc2Br)cc1. The van der Waals surface area contributed by atoms with Crippen molar-refractivity contribution in [2.75, 3.05) is 0 Å². The van der Waals surface area contributed by atoms with E-state index in [4.69, 9.17) is 5.73 Å². The molecule has 0 heterocycles. The van der Waals surface area contributed by atoms with Crippen molar-refractivity contribution in [3.63, 3.8) is 0 Å². The lowest BCUT2D eigenvalue weighted by atomic mass is 9.96. The first-order valence-corrected chi connectivity index (χ1v) is 7.88. The summed E-state index contributed by atoms with van der Waals surface area (Å²) in [5, 5.41) is 0. The van der Waals surface area contributed by atoms with Gasteiger partial charge in [0.05, 0.1) is 6.04 Å². The van der Waals surface area contributed by atoms with Gasteiger partial charge in [-0.05, 0) is 34.7 Å². The van der Waals surface area contributed by atoms with Crippen LogP contribution in [0.1, 0.15) is 42.5 Å². The highest BCUT2D eigenvalue weighted by atomic mass is 79.9. The van der Waals surface area contributed by atoms with Crippen LogP contribution in [0.4, 0.5) is 0 Å². The molecule has 0 radical (unpaired) electrons. The third kappa shape index (κ3) is 3.47. The van der Waals surface area contributed by atoms with Gasteiger partial charge in [-0.1, -0.05) is 76.0 Å². The largest absolute Gasteiger partial charge is 0.320 e. The van der Waals surface area contributed by atoms with E-state index >= 15 is 0 Å². The highest BCUT2D eigenvalue weighted by molar-refractivity contribution is 9.11. The van der Waals surface area contributed by atoms with Gasteiger partial charge >= 0.3 is 0 Å². The summed E-state index contributed by atoms with van der Waals surface area (Å²) in [5.41, 5.74) is 9.92. The average Bonchev–Trinajstić information content (AvgIpc) is 2.38. The molecule has 100 valence electrons. The van der Waals surface area contributed by atoms with E-state index in [2.05, 4.69) is 76.0 Å². The van der Waals surface area contributed by atoms with Gasteiger partial charge in [-0.25, -0.2) is 0 Å². The smallest absolute Gasteiger partial charge is 0.0562 e. The van der Waals surface area contributed by atoms with Crippen molar-refractivity contribution in [1.82, 2.24) is 0 Å². The molecule has 1 unspecified atom stereocenters. The van der Waals surface area contributed by atoms with E-state index < -0.39 is 0 Å². The normalized spacial score (nSPS) is 12.7. The molecule has 0 fully saturated rings. The minimum Gasteiger partial charge on any atom is -0.320 e. The maximum Gasteiger partial charge on any atom is 0.0562 e. The lowest BCUT2D eigenvalue weighted by Gasteiger charge is -2.16. The Kier molecular flexibility index (Phi) is 4.82. The van der Waals surface area contributed by atoms with Crippen LogP contribution in [0.3, 0.4) is 0 Å². The zero-order valence-electron chi connectivity index (χ0n) is 11.0. The quantitative estimate of drug-likeness (QED) is 0.757. The Morgan fingerprint density at radius 1 is 0.895 bits per heavy atom. The van der Waals surface area contributed by atoms with Crippen LogP contribution in [0.25, 0.3) is 0 Å². The number of rotatable bonds is 3. The Bertz CT molecular complexity index is 561. The van der Waals surface area contributed by atoms with Crippen LogP contribution < -0.4 is 5.73 Å². The van der Waals surface area contributed by atoms with Crippen molar-refractivity contribution in [1.29, 1.82) is 0 Å². The summed E-state index contributed by atoms with van der Waals surface area (Å²) >= 11 is 7.03. The van der Waals surface area contributed by atoms with Crippen LogP contribution in [-0.4, -0.2) is 0 Å². The summed E-state index contributed by atoms with van der Waals surface area (Å²) < 4.78 is 2.08. The van der Waals surface area contributed by atoms with Gasteiger partial charge in [-0.3, -0.25) is 0 Å². The van der Waals surface area contributed by atoms with Crippen molar-refractivity contribution >= 4 is 31.9 Å². The summed E-state index contributed by atoms with van der Waals surface area (Å²) in [7, 11) is 0. The van der Waals surface area contributed by atoms with E-state index in [0.29, 0.717) is 5.92 Å². The molecule has 1 atom stereocenters. The monoisotopic (exact) mass is 381 g/mol. The van der Waals surface area contributed by atoms with Gasteiger partial charge in [0.1, 0.15) is 0 Å². The zero-order chi connectivity index (χ0) is 14.0. The van der Waals surface area contributed by atoms with Gasteiger partial charge in [0, 0.05) is 8.95 Å². The molecule has 0 amide bonds. The Morgan fingerprint density at radius 3 is 2.00 bits per heavy atom. The van der Waals surface area contributed by atoms with Crippen LogP contribution in [-0.2, 0) is 0 Å². The van der Waals surface area contributed by atoms with Crippen molar-refractivity contribution < 1.29 is 0 Å². The molecule has 0 saturated heterocycles.